The molecule has 1 aromatic rings. The lowest BCUT2D eigenvalue weighted by atomic mass is 10.0. The molecule has 1 atom stereocenters. The summed E-state index contributed by atoms with van der Waals surface area (Å²) < 4.78 is 14.8. The van der Waals surface area contributed by atoms with Crippen molar-refractivity contribution in [1.29, 1.82) is 0 Å². The molecule has 0 fully saturated rings. The third-order valence-electron chi connectivity index (χ3n) is 2.61. The van der Waals surface area contributed by atoms with E-state index in [1.165, 1.54) is 21.3 Å². The molecule has 0 bridgehead atoms. The number of hydrogen-bond donors (Lipinski definition) is 1. The molecule has 0 amide bonds. The van der Waals surface area contributed by atoms with Crippen LogP contribution in [0.5, 0.6) is 11.5 Å². The predicted molar refractivity (Wildman–Crippen MR) is 66.3 cm³/mol. The maximum absolute atomic E-state index is 11.4. The monoisotopic (exact) mass is 274 g/mol. The largest absolute Gasteiger partial charge is 0.493 e. The van der Waals surface area contributed by atoms with E-state index in [-0.39, 0.29) is 11.3 Å². The fourth-order valence-corrected chi connectivity index (χ4v) is 1.84. The van der Waals surface area contributed by atoms with E-state index < -0.39 is 12.1 Å². The van der Waals surface area contributed by atoms with Crippen LogP contribution in [0.25, 0.3) is 0 Å². The van der Waals surface area contributed by atoms with Gasteiger partial charge in [-0.3, -0.25) is 0 Å². The Morgan fingerprint density at radius 3 is 2.39 bits per heavy atom. The summed E-state index contributed by atoms with van der Waals surface area (Å²) in [5, 5.41) is 10.3. The molecule has 0 aromatic heterocycles. The third kappa shape index (κ3) is 2.52. The SMILES string of the molecule is COC(=O)C(O)c1c(C)c(Cl)cc(OC)c1OC. The average Bonchev–Trinajstić information content (AvgIpc) is 2.39. The minimum atomic E-state index is -1.47. The van der Waals surface area contributed by atoms with Crippen LogP contribution >= 0.6 is 11.6 Å². The smallest absolute Gasteiger partial charge is 0.339 e. The molecule has 0 saturated heterocycles. The van der Waals surface area contributed by atoms with Crippen molar-refractivity contribution >= 4 is 17.6 Å². The molecule has 0 aliphatic carbocycles. The van der Waals surface area contributed by atoms with E-state index in [0.717, 1.165) is 0 Å². The number of benzene rings is 1. The van der Waals surface area contributed by atoms with Gasteiger partial charge in [0.2, 0.25) is 0 Å². The van der Waals surface area contributed by atoms with E-state index >= 15 is 0 Å². The highest BCUT2D eigenvalue weighted by molar-refractivity contribution is 6.31. The summed E-state index contributed by atoms with van der Waals surface area (Å²) in [4.78, 5) is 11.4. The summed E-state index contributed by atoms with van der Waals surface area (Å²) in [5.74, 6) is -0.191. The molecule has 0 aliphatic rings. The summed E-state index contributed by atoms with van der Waals surface area (Å²) in [7, 11) is 4.05. The Bertz CT molecular complexity index is 458. The summed E-state index contributed by atoms with van der Waals surface area (Å²) in [6, 6.07) is 1.56. The van der Waals surface area contributed by atoms with Gasteiger partial charge >= 0.3 is 5.97 Å². The highest BCUT2D eigenvalue weighted by Crippen LogP contribution is 2.41. The lowest BCUT2D eigenvalue weighted by molar-refractivity contribution is -0.150. The molecule has 0 heterocycles. The van der Waals surface area contributed by atoms with E-state index in [0.29, 0.717) is 16.3 Å². The van der Waals surface area contributed by atoms with Gasteiger partial charge in [-0.05, 0) is 12.5 Å². The lowest BCUT2D eigenvalue weighted by Crippen LogP contribution is -2.16. The van der Waals surface area contributed by atoms with Crippen LogP contribution in [0.3, 0.4) is 0 Å². The zero-order chi connectivity index (χ0) is 13.9. The van der Waals surface area contributed by atoms with Gasteiger partial charge in [0.05, 0.1) is 21.3 Å². The first-order valence-corrected chi connectivity index (χ1v) is 5.52. The fraction of sp³-hybridized carbons (Fsp3) is 0.417. The normalized spacial score (nSPS) is 11.9. The molecule has 100 valence electrons. The van der Waals surface area contributed by atoms with Crippen LogP contribution in [0.15, 0.2) is 6.07 Å². The van der Waals surface area contributed by atoms with E-state index in [2.05, 4.69) is 4.74 Å². The van der Waals surface area contributed by atoms with Crippen molar-refractivity contribution in [3.05, 3.63) is 22.2 Å². The van der Waals surface area contributed by atoms with Crippen LogP contribution in [0, 0.1) is 6.92 Å². The van der Waals surface area contributed by atoms with E-state index in [1.54, 1.807) is 13.0 Å². The molecule has 0 spiro atoms. The van der Waals surface area contributed by atoms with E-state index in [1.807, 2.05) is 0 Å². The van der Waals surface area contributed by atoms with Crippen molar-refractivity contribution < 1.29 is 24.1 Å². The van der Waals surface area contributed by atoms with Crippen molar-refractivity contribution in [2.45, 2.75) is 13.0 Å². The van der Waals surface area contributed by atoms with Crippen molar-refractivity contribution in [1.82, 2.24) is 0 Å². The van der Waals surface area contributed by atoms with E-state index in [4.69, 9.17) is 21.1 Å². The molecule has 1 unspecified atom stereocenters. The Kier molecular flexibility index (Phi) is 4.81. The highest BCUT2D eigenvalue weighted by Gasteiger charge is 2.27. The van der Waals surface area contributed by atoms with Crippen LogP contribution in [0.4, 0.5) is 0 Å². The standard InChI is InChI=1S/C12H15ClO5/c1-6-7(13)5-8(16-2)11(17-3)9(6)10(14)12(15)18-4/h5,10,14H,1-4H3. The number of carbonyl (C=O) groups is 1. The molecule has 0 radical (unpaired) electrons. The van der Waals surface area contributed by atoms with Gasteiger partial charge in [-0.2, -0.15) is 0 Å². The van der Waals surface area contributed by atoms with Gasteiger partial charge < -0.3 is 19.3 Å². The quantitative estimate of drug-likeness (QED) is 0.849. The van der Waals surface area contributed by atoms with Gasteiger partial charge in [0, 0.05) is 16.7 Å². The van der Waals surface area contributed by atoms with Gasteiger partial charge in [-0.15, -0.1) is 0 Å². The summed E-state index contributed by atoms with van der Waals surface area (Å²) in [6.07, 6.45) is -1.47. The number of ether oxygens (including phenoxy) is 3. The first-order chi connectivity index (χ1) is 8.47. The molecule has 1 N–H and O–H groups in total. The number of carbonyl (C=O) groups excluding carboxylic acids is 1. The van der Waals surface area contributed by atoms with Crippen LogP contribution in [0.2, 0.25) is 5.02 Å². The minimum Gasteiger partial charge on any atom is -0.493 e. The minimum absolute atomic E-state index is 0.244. The van der Waals surface area contributed by atoms with Gasteiger partial charge in [0.25, 0.3) is 0 Å². The Hall–Kier alpha value is -1.46. The molecule has 5 nitrogen and oxygen atoms in total. The second-order valence-electron chi connectivity index (χ2n) is 3.56. The molecule has 18 heavy (non-hydrogen) atoms. The molecule has 0 saturated carbocycles. The molecule has 1 aromatic carbocycles. The van der Waals surface area contributed by atoms with Crippen LogP contribution in [0.1, 0.15) is 17.2 Å². The molecule has 6 heteroatoms. The molecule has 1 rings (SSSR count). The number of aliphatic hydroxyl groups excluding tert-OH is 1. The lowest BCUT2D eigenvalue weighted by Gasteiger charge is -2.19. The zero-order valence-corrected chi connectivity index (χ0v) is 11.4. The van der Waals surface area contributed by atoms with Gasteiger partial charge in [-0.1, -0.05) is 11.6 Å². The Balaban J connectivity index is 3.48. The van der Waals surface area contributed by atoms with E-state index in [9.17, 15) is 9.90 Å². The highest BCUT2D eigenvalue weighted by atomic mass is 35.5. The predicted octanol–water partition coefficient (Wildman–Crippen LogP) is 1.87. The molecular weight excluding hydrogens is 260 g/mol. The fourth-order valence-electron chi connectivity index (χ4n) is 1.64. The maximum atomic E-state index is 11.4. The number of esters is 1. The Morgan fingerprint density at radius 1 is 1.33 bits per heavy atom. The third-order valence-corrected chi connectivity index (χ3v) is 3.00. The van der Waals surface area contributed by atoms with Gasteiger partial charge in [0.15, 0.2) is 17.6 Å². The first kappa shape index (κ1) is 14.6. The number of aliphatic hydroxyl groups is 1. The Morgan fingerprint density at radius 2 is 1.94 bits per heavy atom. The Labute approximate surface area is 110 Å². The van der Waals surface area contributed by atoms with Crippen molar-refractivity contribution in [2.24, 2.45) is 0 Å². The van der Waals surface area contributed by atoms with Gasteiger partial charge in [0.1, 0.15) is 0 Å². The summed E-state index contributed by atoms with van der Waals surface area (Å²) in [5.41, 5.74) is 0.779. The van der Waals surface area contributed by atoms with Crippen molar-refractivity contribution in [2.75, 3.05) is 21.3 Å². The molecular formula is C12H15ClO5. The molecule has 0 aliphatic heterocycles. The van der Waals surface area contributed by atoms with Crippen LogP contribution in [-0.4, -0.2) is 32.4 Å². The van der Waals surface area contributed by atoms with Crippen molar-refractivity contribution in [3.8, 4) is 11.5 Å². The topological polar surface area (TPSA) is 65.0 Å². The van der Waals surface area contributed by atoms with Crippen LogP contribution < -0.4 is 9.47 Å². The van der Waals surface area contributed by atoms with Crippen molar-refractivity contribution in [3.63, 3.8) is 0 Å². The first-order valence-electron chi connectivity index (χ1n) is 5.14. The number of halogens is 1. The number of rotatable bonds is 4. The van der Waals surface area contributed by atoms with Gasteiger partial charge in [-0.25, -0.2) is 4.79 Å². The maximum Gasteiger partial charge on any atom is 0.339 e. The second kappa shape index (κ2) is 5.93. The summed E-state index contributed by atoms with van der Waals surface area (Å²) in [6.45, 7) is 1.67. The average molecular weight is 275 g/mol. The second-order valence-corrected chi connectivity index (χ2v) is 3.97. The zero-order valence-electron chi connectivity index (χ0n) is 10.6. The summed E-state index contributed by atoms with van der Waals surface area (Å²) >= 11 is 6.02. The number of hydrogen-bond acceptors (Lipinski definition) is 5. The number of methoxy groups -OCH3 is 3. The van der Waals surface area contributed by atoms with Crippen LogP contribution in [-0.2, 0) is 9.53 Å².